The third-order valence-corrected chi connectivity index (χ3v) is 4.87. The van der Waals surface area contributed by atoms with Gasteiger partial charge in [0.1, 0.15) is 0 Å². The molecule has 0 aliphatic rings. The number of aryl methyl sites for hydroxylation is 2. The Hall–Kier alpha value is -1.66. The molecule has 1 aromatic heterocycles. The number of carbonyl (C=O) groups excluding carboxylic acids is 2. The normalized spacial score (nSPS) is 10.4. The van der Waals surface area contributed by atoms with Crippen LogP contribution in [0.3, 0.4) is 0 Å². The van der Waals surface area contributed by atoms with Gasteiger partial charge in [-0.1, -0.05) is 18.2 Å². The molecular weight excluding hydrogens is 364 g/mol. The van der Waals surface area contributed by atoms with Crippen LogP contribution >= 0.6 is 27.3 Å². The van der Waals surface area contributed by atoms with E-state index < -0.39 is 0 Å². The quantitative estimate of drug-likeness (QED) is 0.875. The summed E-state index contributed by atoms with van der Waals surface area (Å²) >= 11 is 4.68. The van der Waals surface area contributed by atoms with Crippen molar-refractivity contribution in [3.05, 3.63) is 50.1 Å². The molecule has 0 saturated carbocycles. The van der Waals surface area contributed by atoms with Crippen molar-refractivity contribution in [1.29, 1.82) is 0 Å². The molecule has 2 amide bonds. The highest BCUT2D eigenvalue weighted by Gasteiger charge is 2.17. The molecule has 1 N–H and O–H groups in total. The van der Waals surface area contributed by atoms with E-state index in [9.17, 15) is 9.59 Å². The zero-order chi connectivity index (χ0) is 16.3. The highest BCUT2D eigenvalue weighted by atomic mass is 79.9. The summed E-state index contributed by atoms with van der Waals surface area (Å²) in [5.74, 6) is -0.365. The van der Waals surface area contributed by atoms with E-state index in [0.717, 1.165) is 20.6 Å². The molecule has 22 heavy (non-hydrogen) atoms. The molecule has 0 fully saturated rings. The van der Waals surface area contributed by atoms with Crippen LogP contribution in [-0.2, 0) is 4.79 Å². The van der Waals surface area contributed by atoms with E-state index in [4.69, 9.17) is 0 Å². The summed E-state index contributed by atoms with van der Waals surface area (Å²) in [6.07, 6.45) is 0. The third-order valence-electron chi connectivity index (χ3n) is 3.26. The topological polar surface area (TPSA) is 49.4 Å². The average molecular weight is 381 g/mol. The summed E-state index contributed by atoms with van der Waals surface area (Å²) in [5.41, 5.74) is 2.82. The number of anilines is 1. The molecule has 0 bridgehead atoms. The summed E-state index contributed by atoms with van der Waals surface area (Å²) in [7, 11) is 1.63. The molecule has 116 valence electrons. The van der Waals surface area contributed by atoms with Gasteiger partial charge in [-0.3, -0.25) is 9.59 Å². The Labute approximate surface area is 142 Å². The van der Waals surface area contributed by atoms with Crippen LogP contribution < -0.4 is 5.32 Å². The van der Waals surface area contributed by atoms with E-state index in [1.165, 1.54) is 16.2 Å². The number of hydrogen-bond acceptors (Lipinski definition) is 3. The Bertz CT molecular complexity index is 692. The van der Waals surface area contributed by atoms with Crippen LogP contribution in [0.2, 0.25) is 0 Å². The van der Waals surface area contributed by atoms with Gasteiger partial charge >= 0.3 is 0 Å². The van der Waals surface area contributed by atoms with Crippen molar-refractivity contribution < 1.29 is 9.59 Å². The first kappa shape index (κ1) is 16.7. The zero-order valence-electron chi connectivity index (χ0n) is 12.6. The minimum absolute atomic E-state index is 0.0160. The Morgan fingerprint density at radius 1 is 1.18 bits per heavy atom. The van der Waals surface area contributed by atoms with Gasteiger partial charge in [0.2, 0.25) is 5.91 Å². The molecule has 0 atom stereocenters. The van der Waals surface area contributed by atoms with Gasteiger partial charge in [-0.2, -0.15) is 0 Å². The lowest BCUT2D eigenvalue weighted by atomic mass is 10.1. The Morgan fingerprint density at radius 2 is 1.82 bits per heavy atom. The number of nitrogens with one attached hydrogen (secondary N) is 1. The maximum atomic E-state index is 12.2. The summed E-state index contributed by atoms with van der Waals surface area (Å²) in [6, 6.07) is 9.41. The number of carbonyl (C=O) groups is 2. The zero-order valence-corrected chi connectivity index (χ0v) is 15.0. The molecule has 0 saturated heterocycles. The van der Waals surface area contributed by atoms with Crippen LogP contribution in [0.5, 0.6) is 0 Å². The summed E-state index contributed by atoms with van der Waals surface area (Å²) in [5, 5.41) is 2.88. The molecule has 0 radical (unpaired) electrons. The van der Waals surface area contributed by atoms with E-state index in [0.29, 0.717) is 4.88 Å². The standard InChI is InChI=1S/C16H17BrN2O2S/c1-10-5-4-6-11(2)15(10)18-14(20)9-19(3)16(21)12-7-8-13(17)22-12/h4-8H,9H2,1-3H3,(H,18,20). The molecule has 1 aromatic carbocycles. The second-order valence-corrected chi connectivity index (χ2v) is 7.54. The van der Waals surface area contributed by atoms with Gasteiger partial charge in [-0.05, 0) is 53.0 Å². The van der Waals surface area contributed by atoms with Crippen LogP contribution in [0, 0.1) is 13.8 Å². The fourth-order valence-corrected chi connectivity index (χ4v) is 3.48. The van der Waals surface area contributed by atoms with Crippen molar-refractivity contribution in [2.24, 2.45) is 0 Å². The molecule has 0 aliphatic carbocycles. The van der Waals surface area contributed by atoms with Crippen LogP contribution in [0.25, 0.3) is 0 Å². The highest BCUT2D eigenvalue weighted by Crippen LogP contribution is 2.23. The van der Waals surface area contributed by atoms with Crippen LogP contribution in [0.15, 0.2) is 34.1 Å². The second kappa shape index (κ2) is 7.07. The first-order valence-electron chi connectivity index (χ1n) is 6.75. The van der Waals surface area contributed by atoms with E-state index >= 15 is 0 Å². The van der Waals surface area contributed by atoms with Crippen molar-refractivity contribution in [2.75, 3.05) is 18.9 Å². The molecule has 2 aromatic rings. The Morgan fingerprint density at radius 3 is 2.36 bits per heavy atom. The van der Waals surface area contributed by atoms with E-state index in [-0.39, 0.29) is 18.4 Å². The fraction of sp³-hybridized carbons (Fsp3) is 0.250. The predicted octanol–water partition coefficient (Wildman–Crippen LogP) is 3.84. The average Bonchev–Trinajstić information content (AvgIpc) is 2.88. The number of amides is 2. The van der Waals surface area contributed by atoms with Crippen LogP contribution in [0.4, 0.5) is 5.69 Å². The van der Waals surface area contributed by atoms with Gasteiger partial charge in [-0.25, -0.2) is 0 Å². The summed E-state index contributed by atoms with van der Waals surface area (Å²) < 4.78 is 0.893. The number of hydrogen-bond donors (Lipinski definition) is 1. The van der Waals surface area contributed by atoms with Crippen molar-refractivity contribution >= 4 is 44.8 Å². The smallest absolute Gasteiger partial charge is 0.264 e. The Balaban J connectivity index is 2.01. The van der Waals surface area contributed by atoms with E-state index in [2.05, 4.69) is 21.2 Å². The summed E-state index contributed by atoms with van der Waals surface area (Å²) in [6.45, 7) is 3.91. The molecule has 0 aliphatic heterocycles. The maximum Gasteiger partial charge on any atom is 0.264 e. The number of thiophene rings is 1. The molecule has 0 spiro atoms. The van der Waals surface area contributed by atoms with E-state index in [1.54, 1.807) is 13.1 Å². The van der Waals surface area contributed by atoms with E-state index in [1.807, 2.05) is 38.1 Å². The van der Waals surface area contributed by atoms with Gasteiger partial charge in [0.05, 0.1) is 15.2 Å². The minimum Gasteiger partial charge on any atom is -0.332 e. The summed E-state index contributed by atoms with van der Waals surface area (Å²) in [4.78, 5) is 26.4. The minimum atomic E-state index is -0.205. The molecule has 4 nitrogen and oxygen atoms in total. The van der Waals surface area contributed by atoms with Gasteiger partial charge in [-0.15, -0.1) is 11.3 Å². The van der Waals surface area contributed by atoms with Crippen LogP contribution in [-0.4, -0.2) is 30.3 Å². The number of likely N-dealkylation sites (N-methyl/N-ethyl adjacent to an activating group) is 1. The molecule has 1 heterocycles. The number of nitrogens with zero attached hydrogens (tertiary/aromatic N) is 1. The number of halogens is 1. The monoisotopic (exact) mass is 380 g/mol. The van der Waals surface area contributed by atoms with Gasteiger partial charge < -0.3 is 10.2 Å². The third kappa shape index (κ3) is 3.96. The number of rotatable bonds is 4. The second-order valence-electron chi connectivity index (χ2n) is 5.08. The first-order valence-corrected chi connectivity index (χ1v) is 8.36. The molecular formula is C16H17BrN2O2S. The van der Waals surface area contributed by atoms with Gasteiger partial charge in [0.25, 0.3) is 5.91 Å². The fourth-order valence-electron chi connectivity index (χ4n) is 2.10. The van der Waals surface area contributed by atoms with Crippen molar-refractivity contribution in [3.63, 3.8) is 0 Å². The van der Waals surface area contributed by atoms with Crippen LogP contribution in [0.1, 0.15) is 20.8 Å². The first-order chi connectivity index (χ1) is 10.4. The molecule has 2 rings (SSSR count). The lowest BCUT2D eigenvalue weighted by Gasteiger charge is -2.17. The van der Waals surface area contributed by atoms with Crippen molar-refractivity contribution in [1.82, 2.24) is 4.90 Å². The van der Waals surface area contributed by atoms with Gasteiger partial charge in [0, 0.05) is 12.7 Å². The highest BCUT2D eigenvalue weighted by molar-refractivity contribution is 9.11. The lowest BCUT2D eigenvalue weighted by Crippen LogP contribution is -2.34. The van der Waals surface area contributed by atoms with Gasteiger partial charge in [0.15, 0.2) is 0 Å². The molecule has 0 unspecified atom stereocenters. The number of benzene rings is 1. The number of para-hydroxylation sites is 1. The van der Waals surface area contributed by atoms with Crippen molar-refractivity contribution in [2.45, 2.75) is 13.8 Å². The molecule has 6 heteroatoms. The SMILES string of the molecule is Cc1cccc(C)c1NC(=O)CN(C)C(=O)c1ccc(Br)s1. The van der Waals surface area contributed by atoms with Crippen molar-refractivity contribution in [3.8, 4) is 0 Å². The maximum absolute atomic E-state index is 12.2. The lowest BCUT2D eigenvalue weighted by molar-refractivity contribution is -0.116. The Kier molecular flexibility index (Phi) is 5.37. The largest absolute Gasteiger partial charge is 0.332 e. The predicted molar refractivity (Wildman–Crippen MR) is 93.5 cm³/mol.